The Morgan fingerprint density at radius 1 is 1.32 bits per heavy atom. The predicted octanol–water partition coefficient (Wildman–Crippen LogP) is 2.41. The maximum Gasteiger partial charge on any atom is 0.253 e. The molecule has 0 spiro atoms. The molecule has 0 fully saturated rings. The van der Waals surface area contributed by atoms with E-state index in [2.05, 4.69) is 25.4 Å². The molecule has 4 N–H and O–H groups in total. The number of aromatic amines is 1. The molecule has 8 nitrogen and oxygen atoms in total. The van der Waals surface area contributed by atoms with Gasteiger partial charge in [-0.2, -0.15) is 5.10 Å². The number of amides is 1. The highest BCUT2D eigenvalue weighted by molar-refractivity contribution is 6.09. The fourth-order valence-electron chi connectivity index (χ4n) is 3.09. The van der Waals surface area contributed by atoms with Crippen molar-refractivity contribution in [1.82, 2.24) is 30.0 Å². The Bertz CT molecular complexity index is 1210. The minimum absolute atomic E-state index is 0.229. The summed E-state index contributed by atoms with van der Waals surface area (Å²) < 4.78 is 16.9. The maximum absolute atomic E-state index is 15.3. The van der Waals surface area contributed by atoms with E-state index in [0.29, 0.717) is 39.4 Å². The first-order chi connectivity index (χ1) is 13.4. The number of halogens is 1. The number of pyridine rings is 1. The van der Waals surface area contributed by atoms with Gasteiger partial charge in [-0.05, 0) is 25.1 Å². The molecule has 0 aliphatic heterocycles. The standard InChI is InChI=1S/C19H18FN7O/c1-9-24-18(26-27(9)3)11-6-4-5-10(15(11)20)14-7-12-13(19(28)22-2)8-23-17(21)16(12)25-14/h4-8,25H,1-3H3,(H2,21,23)(H,22,28). The summed E-state index contributed by atoms with van der Waals surface area (Å²) >= 11 is 0. The molecular formula is C19H18FN7O. The normalized spacial score (nSPS) is 11.1. The summed E-state index contributed by atoms with van der Waals surface area (Å²) in [5, 5.41) is 7.39. The summed E-state index contributed by atoms with van der Waals surface area (Å²) in [4.78, 5) is 23.6. The summed E-state index contributed by atoms with van der Waals surface area (Å²) in [5.41, 5.74) is 7.87. The average Bonchev–Trinajstić information content (AvgIpc) is 3.26. The molecule has 0 radical (unpaired) electrons. The molecule has 0 unspecified atom stereocenters. The van der Waals surface area contributed by atoms with Gasteiger partial charge in [0, 0.05) is 36.9 Å². The number of aromatic nitrogens is 5. The van der Waals surface area contributed by atoms with Crippen LogP contribution in [0.2, 0.25) is 0 Å². The van der Waals surface area contributed by atoms with Crippen molar-refractivity contribution in [3.63, 3.8) is 0 Å². The lowest BCUT2D eigenvalue weighted by Crippen LogP contribution is -2.18. The first-order valence-corrected chi connectivity index (χ1v) is 8.57. The highest BCUT2D eigenvalue weighted by atomic mass is 19.1. The Kier molecular flexibility index (Phi) is 4.07. The van der Waals surface area contributed by atoms with Crippen LogP contribution in [0.15, 0.2) is 30.5 Å². The van der Waals surface area contributed by atoms with Crippen molar-refractivity contribution in [2.45, 2.75) is 6.92 Å². The van der Waals surface area contributed by atoms with Gasteiger partial charge >= 0.3 is 0 Å². The Labute approximate surface area is 159 Å². The molecule has 9 heteroatoms. The highest BCUT2D eigenvalue weighted by Gasteiger charge is 2.19. The topological polar surface area (TPSA) is 115 Å². The summed E-state index contributed by atoms with van der Waals surface area (Å²) in [6, 6.07) is 6.69. The first kappa shape index (κ1) is 17.7. The van der Waals surface area contributed by atoms with E-state index in [-0.39, 0.29) is 17.3 Å². The number of benzene rings is 1. The minimum Gasteiger partial charge on any atom is -0.382 e. The van der Waals surface area contributed by atoms with Crippen molar-refractivity contribution in [3.8, 4) is 22.6 Å². The number of aryl methyl sites for hydroxylation is 2. The predicted molar refractivity (Wildman–Crippen MR) is 104 cm³/mol. The molecule has 4 rings (SSSR count). The molecule has 0 atom stereocenters. The maximum atomic E-state index is 15.3. The van der Waals surface area contributed by atoms with Crippen LogP contribution in [0.5, 0.6) is 0 Å². The number of nitrogens with one attached hydrogen (secondary N) is 2. The van der Waals surface area contributed by atoms with Crippen LogP contribution in [0, 0.1) is 12.7 Å². The lowest BCUT2D eigenvalue weighted by molar-refractivity contribution is 0.0964. The SMILES string of the molecule is CNC(=O)c1cnc(N)c2[nH]c(-c3cccc(-c4nc(C)n(C)n4)c3F)cc12. The number of hydrogen-bond acceptors (Lipinski definition) is 5. The molecular weight excluding hydrogens is 361 g/mol. The van der Waals surface area contributed by atoms with Crippen LogP contribution in [-0.2, 0) is 7.05 Å². The molecule has 1 amide bonds. The number of rotatable bonds is 3. The van der Waals surface area contributed by atoms with Crippen LogP contribution in [0.25, 0.3) is 33.5 Å². The molecule has 142 valence electrons. The van der Waals surface area contributed by atoms with Gasteiger partial charge in [0.25, 0.3) is 5.91 Å². The zero-order valence-electron chi connectivity index (χ0n) is 15.5. The van der Waals surface area contributed by atoms with E-state index in [9.17, 15) is 4.79 Å². The fourth-order valence-corrected chi connectivity index (χ4v) is 3.09. The van der Waals surface area contributed by atoms with E-state index in [4.69, 9.17) is 5.73 Å². The number of fused-ring (bicyclic) bond motifs is 1. The van der Waals surface area contributed by atoms with Crippen molar-refractivity contribution in [2.75, 3.05) is 12.8 Å². The molecule has 3 heterocycles. The fraction of sp³-hybridized carbons (Fsp3) is 0.158. The lowest BCUT2D eigenvalue weighted by Gasteiger charge is -2.04. The molecule has 4 aromatic rings. The molecule has 0 aliphatic rings. The number of nitrogens with two attached hydrogens (primary N) is 1. The van der Waals surface area contributed by atoms with Gasteiger partial charge in [-0.3, -0.25) is 9.48 Å². The van der Waals surface area contributed by atoms with Gasteiger partial charge < -0.3 is 16.0 Å². The number of carbonyl (C=O) groups excluding carboxylic acids is 1. The molecule has 0 saturated heterocycles. The number of carbonyl (C=O) groups is 1. The second-order valence-electron chi connectivity index (χ2n) is 6.38. The zero-order chi connectivity index (χ0) is 20.0. The number of anilines is 1. The molecule has 3 aromatic heterocycles. The van der Waals surface area contributed by atoms with Gasteiger partial charge in [-0.1, -0.05) is 6.07 Å². The number of nitrogens with zero attached hydrogens (tertiary/aromatic N) is 4. The van der Waals surface area contributed by atoms with E-state index in [0.717, 1.165) is 0 Å². The molecule has 0 saturated carbocycles. The van der Waals surface area contributed by atoms with E-state index in [1.807, 2.05) is 0 Å². The third kappa shape index (κ3) is 2.68. The second-order valence-corrected chi connectivity index (χ2v) is 6.38. The van der Waals surface area contributed by atoms with Gasteiger partial charge in [-0.15, -0.1) is 0 Å². The van der Waals surface area contributed by atoms with Crippen LogP contribution in [0.4, 0.5) is 10.2 Å². The smallest absolute Gasteiger partial charge is 0.253 e. The van der Waals surface area contributed by atoms with E-state index >= 15 is 4.39 Å². The summed E-state index contributed by atoms with van der Waals surface area (Å²) in [7, 11) is 3.28. The number of H-pyrrole nitrogens is 1. The quantitative estimate of drug-likeness (QED) is 0.506. The van der Waals surface area contributed by atoms with E-state index in [1.165, 1.54) is 13.2 Å². The Balaban J connectivity index is 1.90. The van der Waals surface area contributed by atoms with Crippen molar-refractivity contribution in [1.29, 1.82) is 0 Å². The van der Waals surface area contributed by atoms with Crippen LogP contribution in [0.3, 0.4) is 0 Å². The molecule has 1 aromatic carbocycles. The third-order valence-electron chi connectivity index (χ3n) is 4.68. The summed E-state index contributed by atoms with van der Waals surface area (Å²) in [6.45, 7) is 1.80. The lowest BCUT2D eigenvalue weighted by atomic mass is 10.1. The average molecular weight is 379 g/mol. The molecule has 0 bridgehead atoms. The summed E-state index contributed by atoms with van der Waals surface area (Å²) in [6.07, 6.45) is 1.40. The number of nitrogen functional groups attached to an aromatic ring is 1. The van der Waals surface area contributed by atoms with Crippen molar-refractivity contribution in [3.05, 3.63) is 47.7 Å². The van der Waals surface area contributed by atoms with Crippen LogP contribution in [0.1, 0.15) is 16.2 Å². The second kappa shape index (κ2) is 6.45. The molecule has 28 heavy (non-hydrogen) atoms. The van der Waals surface area contributed by atoms with Crippen LogP contribution in [-0.4, -0.2) is 37.7 Å². The van der Waals surface area contributed by atoms with E-state index in [1.54, 1.807) is 42.9 Å². The van der Waals surface area contributed by atoms with Crippen molar-refractivity contribution in [2.24, 2.45) is 7.05 Å². The van der Waals surface area contributed by atoms with E-state index < -0.39 is 5.82 Å². The highest BCUT2D eigenvalue weighted by Crippen LogP contribution is 2.33. The monoisotopic (exact) mass is 379 g/mol. The van der Waals surface area contributed by atoms with Crippen molar-refractivity contribution < 1.29 is 9.18 Å². The Morgan fingerprint density at radius 3 is 2.75 bits per heavy atom. The largest absolute Gasteiger partial charge is 0.382 e. The summed E-state index contributed by atoms with van der Waals surface area (Å²) in [5.74, 6) is 0.452. The van der Waals surface area contributed by atoms with Gasteiger partial charge in [0.05, 0.1) is 16.6 Å². The Morgan fingerprint density at radius 2 is 2.07 bits per heavy atom. The Hall–Kier alpha value is -3.75. The van der Waals surface area contributed by atoms with Gasteiger partial charge in [0.2, 0.25) is 0 Å². The van der Waals surface area contributed by atoms with Gasteiger partial charge in [-0.25, -0.2) is 14.4 Å². The third-order valence-corrected chi connectivity index (χ3v) is 4.68. The van der Waals surface area contributed by atoms with Crippen LogP contribution >= 0.6 is 0 Å². The van der Waals surface area contributed by atoms with Crippen LogP contribution < -0.4 is 11.1 Å². The number of hydrogen-bond donors (Lipinski definition) is 3. The zero-order valence-corrected chi connectivity index (χ0v) is 15.5. The first-order valence-electron chi connectivity index (χ1n) is 8.57. The van der Waals surface area contributed by atoms with Crippen molar-refractivity contribution >= 4 is 22.6 Å². The van der Waals surface area contributed by atoms with Gasteiger partial charge in [0.1, 0.15) is 17.5 Å². The van der Waals surface area contributed by atoms with Gasteiger partial charge in [0.15, 0.2) is 5.82 Å². The minimum atomic E-state index is -0.465. The molecule has 0 aliphatic carbocycles.